The lowest BCUT2D eigenvalue weighted by molar-refractivity contribution is -0.180. The summed E-state index contributed by atoms with van der Waals surface area (Å²) in [6.07, 6.45) is 5.24. The van der Waals surface area contributed by atoms with Crippen LogP contribution < -0.4 is 5.73 Å². The molecule has 4 nitrogen and oxygen atoms in total. The van der Waals surface area contributed by atoms with E-state index >= 15 is 0 Å². The van der Waals surface area contributed by atoms with Gasteiger partial charge in [-0.15, -0.1) is 0 Å². The molecule has 0 radical (unpaired) electrons. The molecular formula is C22H34N2O2. The molecule has 144 valence electrons. The Hall–Kier alpha value is -1.39. The van der Waals surface area contributed by atoms with Crippen molar-refractivity contribution < 1.29 is 9.53 Å². The van der Waals surface area contributed by atoms with Crippen molar-refractivity contribution in [2.24, 2.45) is 17.1 Å². The molecule has 1 aliphatic heterocycles. The van der Waals surface area contributed by atoms with Crippen molar-refractivity contribution in [3.05, 3.63) is 35.9 Å². The average Bonchev–Trinajstić information content (AvgIpc) is 2.66. The van der Waals surface area contributed by atoms with Gasteiger partial charge in [-0.05, 0) is 44.1 Å². The highest BCUT2D eigenvalue weighted by atomic mass is 16.5. The lowest BCUT2D eigenvalue weighted by Crippen LogP contribution is -2.76. The first kappa shape index (κ1) is 19.4. The molecule has 2 N–H and O–H groups in total. The summed E-state index contributed by atoms with van der Waals surface area (Å²) in [4.78, 5) is 15.1. The quantitative estimate of drug-likeness (QED) is 0.848. The van der Waals surface area contributed by atoms with Crippen molar-refractivity contribution >= 4 is 5.91 Å². The third-order valence-electron chi connectivity index (χ3n) is 6.80. The van der Waals surface area contributed by atoms with Gasteiger partial charge in [-0.1, -0.05) is 44.2 Å². The van der Waals surface area contributed by atoms with Crippen LogP contribution in [0.15, 0.2) is 30.3 Å². The number of benzene rings is 1. The van der Waals surface area contributed by atoms with E-state index in [9.17, 15) is 4.79 Å². The van der Waals surface area contributed by atoms with Gasteiger partial charge < -0.3 is 15.4 Å². The summed E-state index contributed by atoms with van der Waals surface area (Å²) in [7, 11) is 0. The Labute approximate surface area is 158 Å². The van der Waals surface area contributed by atoms with Gasteiger partial charge in [0.05, 0.1) is 6.10 Å². The van der Waals surface area contributed by atoms with Gasteiger partial charge in [0.2, 0.25) is 5.91 Å². The maximum Gasteiger partial charge on any atom is 0.243 e. The predicted molar refractivity (Wildman–Crippen MR) is 105 cm³/mol. The van der Waals surface area contributed by atoms with Crippen LogP contribution in [-0.2, 0) is 16.0 Å². The van der Waals surface area contributed by atoms with Crippen LogP contribution in [0.3, 0.4) is 0 Å². The van der Waals surface area contributed by atoms with Crippen molar-refractivity contribution in [3.8, 4) is 0 Å². The van der Waals surface area contributed by atoms with E-state index in [1.807, 2.05) is 11.8 Å². The Morgan fingerprint density at radius 2 is 1.88 bits per heavy atom. The molecule has 2 atom stereocenters. The number of nitrogens with two attached hydrogens (primary N) is 1. The normalized spacial score (nSPS) is 28.6. The highest BCUT2D eigenvalue weighted by Crippen LogP contribution is 2.50. The Morgan fingerprint density at radius 1 is 1.23 bits per heavy atom. The monoisotopic (exact) mass is 358 g/mol. The zero-order valence-electron chi connectivity index (χ0n) is 16.5. The number of ether oxygens (including phenoxy) is 1. The fourth-order valence-electron chi connectivity index (χ4n) is 4.52. The fraction of sp³-hybridized carbons (Fsp3) is 0.682. The number of rotatable bonds is 6. The van der Waals surface area contributed by atoms with Crippen LogP contribution in [0.2, 0.25) is 0 Å². The summed E-state index contributed by atoms with van der Waals surface area (Å²) in [6.45, 7) is 8.49. The zero-order chi connectivity index (χ0) is 18.8. The maximum atomic E-state index is 13.1. The van der Waals surface area contributed by atoms with Crippen LogP contribution in [0.25, 0.3) is 0 Å². The molecule has 2 fully saturated rings. The van der Waals surface area contributed by atoms with E-state index < -0.39 is 5.54 Å². The Balaban J connectivity index is 1.49. The van der Waals surface area contributed by atoms with E-state index in [-0.39, 0.29) is 17.4 Å². The second-order valence-corrected chi connectivity index (χ2v) is 8.60. The van der Waals surface area contributed by atoms with Crippen molar-refractivity contribution in [3.63, 3.8) is 0 Å². The Bertz CT molecular complexity index is 608. The van der Waals surface area contributed by atoms with E-state index in [1.165, 1.54) is 12.0 Å². The molecule has 1 aromatic rings. The van der Waals surface area contributed by atoms with Gasteiger partial charge in [0.25, 0.3) is 0 Å². The average molecular weight is 359 g/mol. The molecule has 4 heteroatoms. The number of likely N-dealkylation sites (tertiary alicyclic amines) is 1. The number of piperidine rings is 1. The van der Waals surface area contributed by atoms with E-state index in [4.69, 9.17) is 10.5 Å². The second kappa shape index (κ2) is 7.69. The second-order valence-electron chi connectivity index (χ2n) is 8.60. The lowest BCUT2D eigenvalue weighted by atomic mass is 9.54. The summed E-state index contributed by atoms with van der Waals surface area (Å²) < 4.78 is 5.77. The van der Waals surface area contributed by atoms with Crippen LogP contribution in [0, 0.1) is 11.3 Å². The van der Waals surface area contributed by atoms with Crippen molar-refractivity contribution in [1.29, 1.82) is 0 Å². The molecule has 0 aromatic heterocycles. The number of amides is 1. The molecule has 1 amide bonds. The zero-order valence-corrected chi connectivity index (χ0v) is 16.5. The van der Waals surface area contributed by atoms with Crippen molar-refractivity contribution in [2.45, 2.75) is 64.5 Å². The number of hydrogen-bond donors (Lipinski definition) is 1. The first-order chi connectivity index (χ1) is 12.4. The minimum absolute atomic E-state index is 0.0878. The molecule has 1 saturated carbocycles. The first-order valence-corrected chi connectivity index (χ1v) is 10.1. The van der Waals surface area contributed by atoms with Gasteiger partial charge in [-0.3, -0.25) is 4.79 Å². The predicted octanol–water partition coefficient (Wildman–Crippen LogP) is 3.39. The van der Waals surface area contributed by atoms with Crippen LogP contribution >= 0.6 is 0 Å². The van der Waals surface area contributed by atoms with Crippen LogP contribution in [0.5, 0.6) is 0 Å². The molecule has 0 bridgehead atoms. The summed E-state index contributed by atoms with van der Waals surface area (Å²) in [5.74, 6) is 0.832. The molecule has 2 aliphatic rings. The standard InChI is InChI=1S/C22H34N2O2/c1-4-26-19-16-22(23,21(19,2)3)20(25)24-14-12-18(13-15-24)11-10-17-8-6-5-7-9-17/h5-9,18-19H,4,10-16,23H2,1-3H3. The third kappa shape index (κ3) is 3.54. The van der Waals surface area contributed by atoms with Crippen LogP contribution in [0.1, 0.15) is 52.0 Å². The van der Waals surface area contributed by atoms with Crippen molar-refractivity contribution in [2.75, 3.05) is 19.7 Å². The van der Waals surface area contributed by atoms with Gasteiger partial charge in [0, 0.05) is 31.5 Å². The van der Waals surface area contributed by atoms with Gasteiger partial charge in [-0.25, -0.2) is 0 Å². The molecule has 1 heterocycles. The highest BCUT2D eigenvalue weighted by molar-refractivity contribution is 5.89. The summed E-state index contributed by atoms with van der Waals surface area (Å²) in [5.41, 5.74) is 6.91. The topological polar surface area (TPSA) is 55.6 Å². The molecule has 1 aliphatic carbocycles. The van der Waals surface area contributed by atoms with E-state index in [1.54, 1.807) is 0 Å². The van der Waals surface area contributed by atoms with Crippen molar-refractivity contribution in [1.82, 2.24) is 4.90 Å². The third-order valence-corrected chi connectivity index (χ3v) is 6.80. The summed E-state index contributed by atoms with van der Waals surface area (Å²) in [6, 6.07) is 10.7. The number of carbonyl (C=O) groups is 1. The Kier molecular flexibility index (Phi) is 5.73. The van der Waals surface area contributed by atoms with E-state index in [2.05, 4.69) is 44.2 Å². The minimum atomic E-state index is -0.774. The molecule has 3 rings (SSSR count). The number of hydrogen-bond acceptors (Lipinski definition) is 3. The van der Waals surface area contributed by atoms with E-state index in [0.29, 0.717) is 18.9 Å². The number of nitrogens with zero attached hydrogens (tertiary/aromatic N) is 1. The minimum Gasteiger partial charge on any atom is -0.378 e. The molecule has 0 spiro atoms. The van der Waals surface area contributed by atoms with Crippen LogP contribution in [0.4, 0.5) is 0 Å². The largest absolute Gasteiger partial charge is 0.378 e. The number of aryl methyl sites for hydroxylation is 1. The molecule has 2 unspecified atom stereocenters. The summed E-state index contributed by atoms with van der Waals surface area (Å²) >= 11 is 0. The Morgan fingerprint density at radius 3 is 2.46 bits per heavy atom. The fourth-order valence-corrected chi connectivity index (χ4v) is 4.52. The van der Waals surface area contributed by atoms with Gasteiger partial charge in [0.15, 0.2) is 0 Å². The summed E-state index contributed by atoms with van der Waals surface area (Å²) in [5, 5.41) is 0. The lowest BCUT2D eigenvalue weighted by Gasteiger charge is -2.59. The SMILES string of the molecule is CCOC1CC(N)(C(=O)N2CCC(CCc3ccccc3)CC2)C1(C)C. The van der Waals surface area contributed by atoms with Crippen LogP contribution in [-0.4, -0.2) is 42.1 Å². The molecule has 26 heavy (non-hydrogen) atoms. The molecule has 1 saturated heterocycles. The highest BCUT2D eigenvalue weighted by Gasteiger charge is 2.63. The maximum absolute atomic E-state index is 13.1. The van der Waals surface area contributed by atoms with Gasteiger partial charge >= 0.3 is 0 Å². The first-order valence-electron chi connectivity index (χ1n) is 10.1. The molecular weight excluding hydrogens is 324 g/mol. The smallest absolute Gasteiger partial charge is 0.243 e. The molecule has 1 aromatic carbocycles. The van der Waals surface area contributed by atoms with Gasteiger partial charge in [0.1, 0.15) is 5.54 Å². The van der Waals surface area contributed by atoms with E-state index in [0.717, 1.165) is 32.4 Å². The number of carbonyl (C=O) groups excluding carboxylic acids is 1. The van der Waals surface area contributed by atoms with Gasteiger partial charge in [-0.2, -0.15) is 0 Å².